The van der Waals surface area contributed by atoms with Gasteiger partial charge in [-0.05, 0) is 49.4 Å². The second-order valence-corrected chi connectivity index (χ2v) is 9.62. The Morgan fingerprint density at radius 3 is 2.47 bits per heavy atom. The number of imide groups is 1. The normalized spacial score (nSPS) is 25.8. The van der Waals surface area contributed by atoms with Gasteiger partial charge in [0.1, 0.15) is 6.04 Å². The summed E-state index contributed by atoms with van der Waals surface area (Å²) in [6.45, 7) is 9.06. The van der Waals surface area contributed by atoms with Crippen molar-refractivity contribution in [2.45, 2.75) is 44.8 Å². The maximum atomic E-state index is 13.3. The Hall–Kier alpha value is -2.29. The van der Waals surface area contributed by atoms with Crippen LogP contribution in [0.1, 0.15) is 47.2 Å². The molecule has 0 radical (unpaired) electrons. The van der Waals surface area contributed by atoms with Crippen LogP contribution in [0.3, 0.4) is 0 Å². The van der Waals surface area contributed by atoms with Crippen molar-refractivity contribution in [1.29, 1.82) is 0 Å². The van der Waals surface area contributed by atoms with Gasteiger partial charge < -0.3 is 15.1 Å². The van der Waals surface area contributed by atoms with E-state index in [4.69, 9.17) is 0 Å². The van der Waals surface area contributed by atoms with Crippen LogP contribution >= 0.6 is 0 Å². The second-order valence-electron chi connectivity index (χ2n) is 9.62. The van der Waals surface area contributed by atoms with E-state index in [0.29, 0.717) is 13.0 Å². The topological polar surface area (TPSA) is 85.0 Å². The van der Waals surface area contributed by atoms with Gasteiger partial charge in [0.05, 0.1) is 0 Å². The molecule has 4 aliphatic heterocycles. The molecule has 0 saturated carbocycles. The first-order valence-electron chi connectivity index (χ1n) is 12.0. The molecule has 8 nitrogen and oxygen atoms in total. The Labute approximate surface area is 189 Å². The average Bonchev–Trinajstić information content (AvgIpc) is 3.13. The summed E-state index contributed by atoms with van der Waals surface area (Å²) in [5, 5.41) is 5.80. The molecule has 0 spiro atoms. The molecule has 4 heterocycles. The van der Waals surface area contributed by atoms with Crippen molar-refractivity contribution in [1.82, 2.24) is 25.3 Å². The van der Waals surface area contributed by atoms with Crippen LogP contribution < -0.4 is 10.6 Å². The van der Waals surface area contributed by atoms with Gasteiger partial charge in [0, 0.05) is 57.8 Å². The van der Waals surface area contributed by atoms with E-state index in [0.717, 1.165) is 68.4 Å². The van der Waals surface area contributed by atoms with E-state index >= 15 is 0 Å². The molecule has 8 heteroatoms. The monoisotopic (exact) mass is 439 g/mol. The number of benzene rings is 1. The zero-order valence-electron chi connectivity index (χ0n) is 18.6. The average molecular weight is 440 g/mol. The van der Waals surface area contributed by atoms with E-state index in [-0.39, 0.29) is 24.1 Å². The number of amides is 3. The highest BCUT2D eigenvalue weighted by atomic mass is 16.2. The van der Waals surface area contributed by atoms with Crippen LogP contribution in [0.4, 0.5) is 0 Å². The van der Waals surface area contributed by atoms with Gasteiger partial charge in [-0.25, -0.2) is 0 Å². The summed E-state index contributed by atoms with van der Waals surface area (Å²) in [5.74, 6) is 0.0844. The van der Waals surface area contributed by atoms with E-state index in [1.165, 1.54) is 19.4 Å². The van der Waals surface area contributed by atoms with Gasteiger partial charge in [-0.3, -0.25) is 24.6 Å². The number of piperidine rings is 2. The molecule has 172 valence electrons. The van der Waals surface area contributed by atoms with E-state index < -0.39 is 6.04 Å². The molecule has 32 heavy (non-hydrogen) atoms. The predicted octanol–water partition coefficient (Wildman–Crippen LogP) is 0.565. The fraction of sp³-hybridized carbons (Fsp3) is 0.625. The third kappa shape index (κ3) is 4.44. The molecule has 5 rings (SSSR count). The molecule has 3 amide bonds. The molecular weight excluding hydrogens is 406 g/mol. The van der Waals surface area contributed by atoms with E-state index in [2.05, 4.69) is 26.5 Å². The Morgan fingerprint density at radius 2 is 1.72 bits per heavy atom. The molecule has 1 atom stereocenters. The molecule has 1 aromatic carbocycles. The number of fused-ring (bicyclic) bond motifs is 1. The molecule has 0 aliphatic carbocycles. The largest absolute Gasteiger partial charge is 0.322 e. The number of nitrogens with zero attached hydrogens (tertiary/aromatic N) is 3. The molecular formula is C24H33N5O3. The summed E-state index contributed by atoms with van der Waals surface area (Å²) < 4.78 is 0. The van der Waals surface area contributed by atoms with Crippen LogP contribution in [-0.4, -0.2) is 84.3 Å². The molecule has 1 aromatic rings. The highest BCUT2D eigenvalue weighted by molar-refractivity contribution is 6.05. The van der Waals surface area contributed by atoms with Crippen LogP contribution in [0.15, 0.2) is 18.2 Å². The lowest BCUT2D eigenvalue weighted by atomic mass is 9.95. The minimum Gasteiger partial charge on any atom is -0.322 e. The summed E-state index contributed by atoms with van der Waals surface area (Å²) >= 11 is 0. The zero-order valence-corrected chi connectivity index (χ0v) is 18.6. The van der Waals surface area contributed by atoms with Crippen LogP contribution in [0.5, 0.6) is 0 Å². The Balaban J connectivity index is 1.20. The number of piperazine rings is 1. The van der Waals surface area contributed by atoms with Gasteiger partial charge in [0.25, 0.3) is 5.91 Å². The van der Waals surface area contributed by atoms with Crippen molar-refractivity contribution in [2.75, 3.05) is 45.8 Å². The van der Waals surface area contributed by atoms with Crippen LogP contribution in [0.25, 0.3) is 0 Å². The smallest absolute Gasteiger partial charge is 0.255 e. The number of hydrogen-bond donors (Lipinski definition) is 2. The van der Waals surface area contributed by atoms with E-state index in [9.17, 15) is 14.4 Å². The summed E-state index contributed by atoms with van der Waals surface area (Å²) in [4.78, 5) is 43.8. The number of nitrogens with one attached hydrogen (secondary N) is 2. The molecule has 4 aliphatic rings. The first kappa shape index (κ1) is 21.6. The zero-order chi connectivity index (χ0) is 22.1. The highest BCUT2D eigenvalue weighted by Gasteiger charge is 2.40. The SMILES string of the molecule is O=C1CCC(N2Cc3cccc(CN4CCC(CN5CCNCC5)CC4)c3C2=O)C(=O)N1. The van der Waals surface area contributed by atoms with Gasteiger partial charge in [-0.2, -0.15) is 0 Å². The first-order chi connectivity index (χ1) is 15.6. The number of carbonyl (C=O) groups is 3. The minimum atomic E-state index is -0.554. The number of hydrogen-bond acceptors (Lipinski definition) is 6. The van der Waals surface area contributed by atoms with Crippen LogP contribution in [0.2, 0.25) is 0 Å². The van der Waals surface area contributed by atoms with E-state index in [1.54, 1.807) is 4.90 Å². The lowest BCUT2D eigenvalue weighted by Gasteiger charge is -2.36. The van der Waals surface area contributed by atoms with Gasteiger partial charge in [-0.15, -0.1) is 0 Å². The number of carbonyl (C=O) groups excluding carboxylic acids is 3. The minimum absolute atomic E-state index is 0.0707. The van der Waals surface area contributed by atoms with Gasteiger partial charge >= 0.3 is 0 Å². The third-order valence-corrected chi connectivity index (χ3v) is 7.47. The van der Waals surface area contributed by atoms with Gasteiger partial charge in [0.15, 0.2) is 0 Å². The van der Waals surface area contributed by atoms with Gasteiger partial charge in [0.2, 0.25) is 11.8 Å². The Morgan fingerprint density at radius 1 is 0.938 bits per heavy atom. The van der Waals surface area contributed by atoms with Crippen molar-refractivity contribution in [3.05, 3.63) is 34.9 Å². The van der Waals surface area contributed by atoms with Crippen molar-refractivity contribution < 1.29 is 14.4 Å². The maximum Gasteiger partial charge on any atom is 0.255 e. The molecule has 3 fully saturated rings. The molecule has 3 saturated heterocycles. The molecule has 2 N–H and O–H groups in total. The van der Waals surface area contributed by atoms with Crippen LogP contribution in [-0.2, 0) is 22.7 Å². The van der Waals surface area contributed by atoms with Crippen molar-refractivity contribution in [3.8, 4) is 0 Å². The lowest BCUT2D eigenvalue weighted by Crippen LogP contribution is -2.52. The summed E-state index contributed by atoms with van der Waals surface area (Å²) in [5.41, 5.74) is 2.81. The lowest BCUT2D eigenvalue weighted by molar-refractivity contribution is -0.136. The number of likely N-dealkylation sites (tertiary alicyclic amines) is 1. The molecule has 0 bridgehead atoms. The quantitative estimate of drug-likeness (QED) is 0.653. The molecule has 0 aromatic heterocycles. The predicted molar refractivity (Wildman–Crippen MR) is 120 cm³/mol. The van der Waals surface area contributed by atoms with E-state index in [1.807, 2.05) is 12.1 Å². The summed E-state index contributed by atoms with van der Waals surface area (Å²) in [6.07, 6.45) is 3.09. The fourth-order valence-electron chi connectivity index (χ4n) is 5.65. The van der Waals surface area contributed by atoms with Crippen molar-refractivity contribution >= 4 is 17.7 Å². The summed E-state index contributed by atoms with van der Waals surface area (Å²) in [7, 11) is 0. The van der Waals surface area contributed by atoms with Crippen LogP contribution in [0, 0.1) is 5.92 Å². The first-order valence-corrected chi connectivity index (χ1v) is 12.0. The van der Waals surface area contributed by atoms with Crippen molar-refractivity contribution in [2.24, 2.45) is 5.92 Å². The number of rotatable bonds is 5. The maximum absolute atomic E-state index is 13.3. The highest BCUT2D eigenvalue weighted by Crippen LogP contribution is 2.31. The standard InChI is InChI=1S/C24H33N5O3/c30-21-5-4-20(23(31)26-21)29-16-19-3-1-2-18(22(19)24(29)32)15-27-10-6-17(7-11-27)14-28-12-8-25-9-13-28/h1-3,17,20,25H,4-16H2,(H,26,30,31). The fourth-order valence-corrected chi connectivity index (χ4v) is 5.65. The van der Waals surface area contributed by atoms with Crippen molar-refractivity contribution in [3.63, 3.8) is 0 Å². The Kier molecular flexibility index (Phi) is 6.26. The van der Waals surface area contributed by atoms with Gasteiger partial charge in [-0.1, -0.05) is 18.2 Å². The Bertz CT molecular complexity index is 890. The molecule has 1 unspecified atom stereocenters. The third-order valence-electron chi connectivity index (χ3n) is 7.47. The summed E-state index contributed by atoms with van der Waals surface area (Å²) in [6, 6.07) is 5.51. The second kappa shape index (κ2) is 9.29.